The fourth-order valence-electron chi connectivity index (χ4n) is 2.27. The summed E-state index contributed by atoms with van der Waals surface area (Å²) in [6, 6.07) is 11.0. The van der Waals surface area contributed by atoms with Gasteiger partial charge in [0.25, 0.3) is 5.24 Å². The van der Waals surface area contributed by atoms with E-state index in [1.165, 1.54) is 6.92 Å². The van der Waals surface area contributed by atoms with Crippen LogP contribution in [-0.2, 0) is 4.79 Å². The van der Waals surface area contributed by atoms with Crippen molar-refractivity contribution in [1.82, 2.24) is 4.98 Å². The van der Waals surface area contributed by atoms with Crippen LogP contribution in [0.4, 0.5) is 0 Å². The second kappa shape index (κ2) is 4.65. The molecule has 100 valence electrons. The Kier molecular flexibility index (Phi) is 2.95. The molecule has 0 aliphatic carbocycles. The van der Waals surface area contributed by atoms with Crippen molar-refractivity contribution in [1.29, 1.82) is 0 Å². The Morgan fingerprint density at radius 1 is 1.10 bits per heavy atom. The zero-order chi connectivity index (χ0) is 14.3. The summed E-state index contributed by atoms with van der Waals surface area (Å²) in [5.74, 6) is -0.337. The van der Waals surface area contributed by atoms with Crippen LogP contribution in [0, 0.1) is 0 Å². The molecule has 0 aliphatic rings. The molecule has 3 rings (SSSR count). The predicted molar refractivity (Wildman–Crippen MR) is 77.3 cm³/mol. The summed E-state index contributed by atoms with van der Waals surface area (Å²) >= 11 is 5.57. The van der Waals surface area contributed by atoms with Gasteiger partial charge >= 0.3 is 5.97 Å². The number of para-hydroxylation sites is 1. The molecule has 0 radical (unpaired) electrons. The maximum Gasteiger partial charge on any atom is 0.308 e. The van der Waals surface area contributed by atoms with Crippen LogP contribution in [0.5, 0.6) is 5.75 Å². The highest BCUT2D eigenvalue weighted by molar-refractivity contribution is 6.68. The first-order valence-corrected chi connectivity index (χ1v) is 6.37. The van der Waals surface area contributed by atoms with Crippen LogP contribution in [0.1, 0.15) is 17.3 Å². The first-order chi connectivity index (χ1) is 9.56. The Morgan fingerprint density at radius 3 is 2.55 bits per heavy atom. The van der Waals surface area contributed by atoms with Gasteiger partial charge in [0.15, 0.2) is 0 Å². The average molecular weight is 288 g/mol. The second-order valence-corrected chi connectivity index (χ2v) is 4.78. The quantitative estimate of drug-likeness (QED) is 0.445. The molecule has 0 saturated carbocycles. The van der Waals surface area contributed by atoms with Gasteiger partial charge in [-0.25, -0.2) is 0 Å². The van der Waals surface area contributed by atoms with Crippen LogP contribution in [-0.4, -0.2) is 16.2 Å². The highest BCUT2D eigenvalue weighted by atomic mass is 35.5. The fraction of sp³-hybridized carbons (Fsp3) is 0.0667. The number of fused-ring (bicyclic) bond motifs is 3. The summed E-state index contributed by atoms with van der Waals surface area (Å²) in [5, 5.41) is 1.19. The number of H-pyrrole nitrogens is 1. The smallest absolute Gasteiger partial charge is 0.308 e. The van der Waals surface area contributed by atoms with E-state index in [4.69, 9.17) is 16.3 Å². The molecule has 0 atom stereocenters. The molecule has 0 saturated heterocycles. The molecular weight excluding hydrogens is 278 g/mol. The Morgan fingerprint density at radius 2 is 1.85 bits per heavy atom. The summed E-state index contributed by atoms with van der Waals surface area (Å²) < 4.78 is 5.05. The molecule has 1 N–H and O–H groups in total. The molecule has 0 spiro atoms. The first-order valence-electron chi connectivity index (χ1n) is 5.99. The summed E-state index contributed by atoms with van der Waals surface area (Å²) in [6.45, 7) is 1.28. The van der Waals surface area contributed by atoms with Crippen LogP contribution < -0.4 is 4.74 Å². The van der Waals surface area contributed by atoms with E-state index in [0.29, 0.717) is 0 Å². The molecule has 3 aromatic rings. The van der Waals surface area contributed by atoms with E-state index in [1.807, 2.05) is 24.3 Å². The Balaban J connectivity index is 2.34. The van der Waals surface area contributed by atoms with Gasteiger partial charge < -0.3 is 9.72 Å². The fourth-order valence-corrected chi connectivity index (χ4v) is 2.42. The van der Waals surface area contributed by atoms with E-state index in [1.54, 1.807) is 12.1 Å². The van der Waals surface area contributed by atoms with Crippen molar-refractivity contribution in [3.8, 4) is 5.75 Å². The maximum atomic E-state index is 11.5. The standard InChI is InChI=1S/C15H10ClNO3/c1-8(18)20-14-7-13-10(6-11(14)15(16)19)9-4-2-3-5-12(9)17-13/h2-7,17H,1H3. The van der Waals surface area contributed by atoms with Crippen LogP contribution in [0.15, 0.2) is 36.4 Å². The zero-order valence-electron chi connectivity index (χ0n) is 10.6. The van der Waals surface area contributed by atoms with Gasteiger partial charge in [-0.2, -0.15) is 0 Å². The molecule has 4 nitrogen and oxygen atoms in total. The van der Waals surface area contributed by atoms with E-state index < -0.39 is 11.2 Å². The highest BCUT2D eigenvalue weighted by Gasteiger charge is 2.16. The number of aromatic nitrogens is 1. The molecule has 0 unspecified atom stereocenters. The second-order valence-electron chi connectivity index (χ2n) is 4.43. The van der Waals surface area contributed by atoms with Crippen molar-refractivity contribution in [3.05, 3.63) is 42.0 Å². The van der Waals surface area contributed by atoms with Gasteiger partial charge in [0.1, 0.15) is 5.75 Å². The number of halogens is 1. The molecule has 2 aromatic carbocycles. The van der Waals surface area contributed by atoms with Crippen LogP contribution in [0.3, 0.4) is 0 Å². The molecule has 0 bridgehead atoms. The number of hydrogen-bond donors (Lipinski definition) is 1. The van der Waals surface area contributed by atoms with E-state index >= 15 is 0 Å². The van der Waals surface area contributed by atoms with Gasteiger partial charge in [0.05, 0.1) is 11.1 Å². The van der Waals surface area contributed by atoms with Crippen molar-refractivity contribution in [2.45, 2.75) is 6.92 Å². The minimum Gasteiger partial charge on any atom is -0.426 e. The van der Waals surface area contributed by atoms with E-state index in [9.17, 15) is 9.59 Å². The van der Waals surface area contributed by atoms with Gasteiger partial charge in [-0.15, -0.1) is 0 Å². The molecule has 0 fully saturated rings. The number of ether oxygens (including phenoxy) is 1. The van der Waals surface area contributed by atoms with Crippen molar-refractivity contribution in [3.63, 3.8) is 0 Å². The number of rotatable bonds is 2. The lowest BCUT2D eigenvalue weighted by Gasteiger charge is -2.06. The van der Waals surface area contributed by atoms with E-state index in [0.717, 1.165) is 21.8 Å². The first kappa shape index (κ1) is 12.7. The summed E-state index contributed by atoms with van der Waals surface area (Å²) in [6.07, 6.45) is 0. The highest BCUT2D eigenvalue weighted by Crippen LogP contribution is 2.32. The topological polar surface area (TPSA) is 59.2 Å². The lowest BCUT2D eigenvalue weighted by Crippen LogP contribution is -2.05. The number of carbonyl (C=O) groups is 2. The van der Waals surface area contributed by atoms with E-state index in [2.05, 4.69) is 4.98 Å². The third-order valence-corrected chi connectivity index (χ3v) is 3.28. The van der Waals surface area contributed by atoms with Crippen molar-refractivity contribution in [2.75, 3.05) is 0 Å². The largest absolute Gasteiger partial charge is 0.426 e. The van der Waals surface area contributed by atoms with Crippen LogP contribution >= 0.6 is 11.6 Å². The molecule has 1 aromatic heterocycles. The minimum atomic E-state index is -0.659. The summed E-state index contributed by atoms with van der Waals surface area (Å²) in [4.78, 5) is 25.8. The Bertz CT molecular complexity index is 851. The number of hydrogen-bond acceptors (Lipinski definition) is 3. The van der Waals surface area contributed by atoms with Crippen LogP contribution in [0.2, 0.25) is 0 Å². The van der Waals surface area contributed by atoms with Crippen molar-refractivity contribution >= 4 is 44.6 Å². The Labute approximate surface area is 119 Å². The van der Waals surface area contributed by atoms with Gasteiger partial charge in [-0.3, -0.25) is 9.59 Å². The molecular formula is C15H10ClNO3. The maximum absolute atomic E-state index is 11.5. The number of esters is 1. The normalized spacial score (nSPS) is 10.9. The van der Waals surface area contributed by atoms with Crippen molar-refractivity contribution in [2.24, 2.45) is 0 Å². The summed E-state index contributed by atoms with van der Waals surface area (Å²) in [7, 11) is 0. The van der Waals surface area contributed by atoms with Gasteiger partial charge in [-0.05, 0) is 23.7 Å². The molecule has 1 heterocycles. The number of carbonyl (C=O) groups excluding carboxylic acids is 2. The van der Waals surface area contributed by atoms with Gasteiger partial charge in [-0.1, -0.05) is 18.2 Å². The average Bonchev–Trinajstić information content (AvgIpc) is 2.74. The van der Waals surface area contributed by atoms with Crippen LogP contribution in [0.25, 0.3) is 21.8 Å². The predicted octanol–water partition coefficient (Wildman–Crippen LogP) is 3.63. The van der Waals surface area contributed by atoms with E-state index in [-0.39, 0.29) is 11.3 Å². The lowest BCUT2D eigenvalue weighted by molar-refractivity contribution is -0.131. The van der Waals surface area contributed by atoms with Crippen molar-refractivity contribution < 1.29 is 14.3 Å². The number of aromatic amines is 1. The SMILES string of the molecule is CC(=O)Oc1cc2[nH]c3ccccc3c2cc1C(=O)Cl. The van der Waals surface area contributed by atoms with Gasteiger partial charge in [0.2, 0.25) is 0 Å². The minimum absolute atomic E-state index is 0.163. The number of benzene rings is 2. The molecule has 20 heavy (non-hydrogen) atoms. The molecule has 0 amide bonds. The zero-order valence-corrected chi connectivity index (χ0v) is 11.3. The lowest BCUT2D eigenvalue weighted by atomic mass is 10.1. The summed E-state index contributed by atoms with van der Waals surface area (Å²) in [5.41, 5.74) is 1.90. The Hall–Kier alpha value is -2.33. The monoisotopic (exact) mass is 287 g/mol. The number of nitrogens with one attached hydrogen (secondary N) is 1. The molecule has 5 heteroatoms. The third-order valence-electron chi connectivity index (χ3n) is 3.07. The molecule has 0 aliphatic heterocycles. The third kappa shape index (κ3) is 2.04. The van der Waals surface area contributed by atoms with Gasteiger partial charge in [0, 0.05) is 29.3 Å².